The molecule has 0 fully saturated rings. The molecule has 232 valence electrons. The molecule has 0 bridgehead atoms. The Morgan fingerprint density at radius 2 is 0.956 bits per heavy atom. The van der Waals surface area contributed by atoms with Crippen LogP contribution in [0.25, 0.3) is 34.2 Å². The van der Waals surface area contributed by atoms with Crippen LogP contribution in [0.3, 0.4) is 0 Å². The highest BCUT2D eigenvalue weighted by molar-refractivity contribution is 8.07. The van der Waals surface area contributed by atoms with Crippen LogP contribution in [0.5, 0.6) is 0 Å². The SMILES string of the molecule is Cn1cc(-c2nnc(SOSc3nnc(-c4cn(C)nc4C(F)(F)F)n3-c3ccccc3)n2-c2ccccc2)c(C(F)(F)F)n1. The molecule has 6 aromatic rings. The number of aryl methyl sites for hydroxylation is 2. The average Bonchev–Trinajstić information content (AvgIpc) is 3.78. The lowest BCUT2D eigenvalue weighted by atomic mass is 10.2. The van der Waals surface area contributed by atoms with E-state index in [1.165, 1.54) is 35.6 Å². The highest BCUT2D eigenvalue weighted by atomic mass is 32.2. The van der Waals surface area contributed by atoms with Crippen molar-refractivity contribution in [2.45, 2.75) is 22.7 Å². The number of rotatable bonds is 8. The van der Waals surface area contributed by atoms with Crippen LogP contribution in [0, 0.1) is 0 Å². The van der Waals surface area contributed by atoms with Gasteiger partial charge in [-0.2, -0.15) is 36.5 Å². The van der Waals surface area contributed by atoms with Gasteiger partial charge in [-0.25, -0.2) is 3.63 Å². The second-order valence-electron chi connectivity index (χ2n) is 9.31. The zero-order chi connectivity index (χ0) is 31.9. The van der Waals surface area contributed by atoms with Crippen LogP contribution in [0.1, 0.15) is 11.4 Å². The number of halogens is 6. The minimum absolute atomic E-state index is 0.0540. The van der Waals surface area contributed by atoms with Crippen LogP contribution >= 0.6 is 24.1 Å². The maximum atomic E-state index is 13.8. The molecule has 19 heteroatoms. The molecule has 0 N–H and O–H groups in total. The minimum atomic E-state index is -4.76. The van der Waals surface area contributed by atoms with E-state index in [2.05, 4.69) is 30.6 Å². The largest absolute Gasteiger partial charge is 0.435 e. The molecule has 0 spiro atoms. The van der Waals surface area contributed by atoms with E-state index in [1.54, 1.807) is 60.7 Å². The van der Waals surface area contributed by atoms with Gasteiger partial charge in [0.25, 0.3) is 0 Å². The molecule has 4 heterocycles. The van der Waals surface area contributed by atoms with E-state index in [4.69, 9.17) is 3.63 Å². The van der Waals surface area contributed by atoms with Gasteiger partial charge in [0.05, 0.1) is 35.2 Å². The summed E-state index contributed by atoms with van der Waals surface area (Å²) in [5.41, 5.74) is -2.00. The van der Waals surface area contributed by atoms with Gasteiger partial charge in [0.2, 0.25) is 10.3 Å². The van der Waals surface area contributed by atoms with Crippen LogP contribution in [-0.2, 0) is 30.1 Å². The summed E-state index contributed by atoms with van der Waals surface area (Å²) in [4.78, 5) is 0. The zero-order valence-electron chi connectivity index (χ0n) is 22.9. The Bertz CT molecular complexity index is 1810. The lowest BCUT2D eigenvalue weighted by Gasteiger charge is -2.11. The van der Waals surface area contributed by atoms with Gasteiger partial charge in [0.15, 0.2) is 23.0 Å². The maximum Gasteiger partial charge on any atom is 0.435 e. The van der Waals surface area contributed by atoms with Crippen LogP contribution in [0.15, 0.2) is 83.4 Å². The Balaban J connectivity index is 1.36. The van der Waals surface area contributed by atoms with Crippen molar-refractivity contribution in [1.82, 2.24) is 49.1 Å². The van der Waals surface area contributed by atoms with Gasteiger partial charge in [-0.1, -0.05) is 36.4 Å². The first-order valence-corrected chi connectivity index (χ1v) is 14.2. The predicted molar refractivity (Wildman–Crippen MR) is 150 cm³/mol. The molecule has 6 rings (SSSR count). The molecule has 0 aliphatic rings. The van der Waals surface area contributed by atoms with Gasteiger partial charge in [-0.05, 0) is 24.3 Å². The summed E-state index contributed by atoms with van der Waals surface area (Å²) >= 11 is 1.32. The number of aromatic nitrogens is 10. The van der Waals surface area contributed by atoms with E-state index in [0.717, 1.165) is 9.36 Å². The van der Waals surface area contributed by atoms with Crippen molar-refractivity contribution in [3.8, 4) is 34.2 Å². The molecule has 4 aromatic heterocycles. The van der Waals surface area contributed by atoms with E-state index in [0.29, 0.717) is 35.5 Å². The number of hydrogen-bond acceptors (Lipinski definition) is 9. The number of alkyl halides is 6. The number of para-hydroxylation sites is 2. The molecular weight excluding hydrogens is 646 g/mol. The average molecular weight is 665 g/mol. The fraction of sp³-hybridized carbons (Fsp3) is 0.154. The number of hydrogen-bond donors (Lipinski definition) is 0. The summed E-state index contributed by atoms with van der Waals surface area (Å²) in [5, 5.41) is 23.4. The normalized spacial score (nSPS) is 12.3. The predicted octanol–water partition coefficient (Wildman–Crippen LogP) is 6.42. The van der Waals surface area contributed by atoms with Gasteiger partial charge in [0, 0.05) is 37.9 Å². The quantitative estimate of drug-likeness (QED) is 0.135. The summed E-state index contributed by atoms with van der Waals surface area (Å²) in [5.74, 6) is -0.271. The van der Waals surface area contributed by atoms with Crippen LogP contribution in [0.4, 0.5) is 26.3 Å². The lowest BCUT2D eigenvalue weighted by Crippen LogP contribution is -2.10. The first-order chi connectivity index (χ1) is 21.4. The third-order valence-corrected chi connectivity index (χ3v) is 7.56. The van der Waals surface area contributed by atoms with Crippen LogP contribution in [-0.4, -0.2) is 49.1 Å². The van der Waals surface area contributed by atoms with E-state index in [1.807, 2.05) is 0 Å². The molecule has 0 atom stereocenters. The van der Waals surface area contributed by atoms with E-state index in [9.17, 15) is 26.3 Å². The van der Waals surface area contributed by atoms with Crippen molar-refractivity contribution >= 4 is 24.1 Å². The Hall–Kier alpha value is -4.62. The van der Waals surface area contributed by atoms with Gasteiger partial charge >= 0.3 is 12.4 Å². The fourth-order valence-corrected chi connectivity index (χ4v) is 5.72. The molecule has 0 saturated heterocycles. The van der Waals surface area contributed by atoms with Crippen molar-refractivity contribution < 1.29 is 30.0 Å². The molecule has 2 aromatic carbocycles. The molecule has 0 saturated carbocycles. The van der Waals surface area contributed by atoms with Crippen molar-refractivity contribution in [2.24, 2.45) is 14.1 Å². The molecule has 0 aliphatic heterocycles. The number of benzene rings is 2. The van der Waals surface area contributed by atoms with E-state index in [-0.39, 0.29) is 33.1 Å². The lowest BCUT2D eigenvalue weighted by molar-refractivity contribution is -0.141. The van der Waals surface area contributed by atoms with Gasteiger partial charge < -0.3 is 0 Å². The maximum absolute atomic E-state index is 13.8. The second kappa shape index (κ2) is 11.7. The first kappa shape index (κ1) is 30.4. The van der Waals surface area contributed by atoms with Crippen molar-refractivity contribution in [3.63, 3.8) is 0 Å². The molecule has 11 nitrogen and oxygen atoms in total. The smallest absolute Gasteiger partial charge is 0.274 e. The molecule has 45 heavy (non-hydrogen) atoms. The summed E-state index contributed by atoms with van der Waals surface area (Å²) in [6, 6.07) is 16.8. The van der Waals surface area contributed by atoms with Gasteiger partial charge in [-0.15, -0.1) is 20.4 Å². The first-order valence-electron chi connectivity index (χ1n) is 12.7. The van der Waals surface area contributed by atoms with E-state index >= 15 is 0 Å². The third-order valence-electron chi connectivity index (χ3n) is 6.19. The highest BCUT2D eigenvalue weighted by Crippen LogP contribution is 2.40. The van der Waals surface area contributed by atoms with Crippen molar-refractivity contribution in [2.75, 3.05) is 0 Å². The standard InChI is InChI=1S/C26H18F6N10OS2/c1-39-13-17(19(37-39)25(27,28)29)21-33-35-23(41(21)15-9-5-3-6-10-15)44-43-45-24-36-34-22(42(24)16-11-7-4-8-12-16)18-14-40(2)38-20(18)26(30,31)32/h3-14H,1-2H3. The van der Waals surface area contributed by atoms with Crippen LogP contribution < -0.4 is 0 Å². The zero-order valence-corrected chi connectivity index (χ0v) is 24.5. The Labute approximate surface area is 258 Å². The summed E-state index contributed by atoms with van der Waals surface area (Å²) < 4.78 is 93.5. The Kier molecular flexibility index (Phi) is 7.91. The molecular formula is C26H18F6N10OS2. The van der Waals surface area contributed by atoms with Gasteiger partial charge in [0.1, 0.15) is 0 Å². The van der Waals surface area contributed by atoms with Crippen molar-refractivity contribution in [1.29, 1.82) is 0 Å². The Morgan fingerprint density at radius 3 is 1.31 bits per heavy atom. The Morgan fingerprint density at radius 1 is 0.578 bits per heavy atom. The number of nitrogens with zero attached hydrogens (tertiary/aromatic N) is 10. The second-order valence-corrected chi connectivity index (χ2v) is 10.9. The highest BCUT2D eigenvalue weighted by Gasteiger charge is 2.40. The fourth-order valence-electron chi connectivity index (χ4n) is 4.42. The minimum Gasteiger partial charge on any atom is -0.274 e. The topological polar surface area (TPSA) is 106 Å². The molecule has 0 aliphatic carbocycles. The third kappa shape index (κ3) is 6.05. The van der Waals surface area contributed by atoms with Crippen molar-refractivity contribution in [3.05, 3.63) is 84.4 Å². The molecule has 0 unspecified atom stereocenters. The van der Waals surface area contributed by atoms with E-state index < -0.39 is 23.7 Å². The summed E-state index contributed by atoms with van der Waals surface area (Å²) in [7, 11) is 2.72. The summed E-state index contributed by atoms with van der Waals surface area (Å²) in [6.07, 6.45) is -7.14. The van der Waals surface area contributed by atoms with Gasteiger partial charge in [-0.3, -0.25) is 18.5 Å². The monoisotopic (exact) mass is 664 g/mol. The molecule has 0 amide bonds. The molecule has 0 radical (unpaired) electrons. The van der Waals surface area contributed by atoms with Crippen LogP contribution in [0.2, 0.25) is 0 Å². The summed E-state index contributed by atoms with van der Waals surface area (Å²) in [6.45, 7) is 0.